The highest BCUT2D eigenvalue weighted by Crippen LogP contribution is 2.53. The van der Waals surface area contributed by atoms with Crippen molar-refractivity contribution in [1.82, 2.24) is 14.9 Å². The fourth-order valence-corrected chi connectivity index (χ4v) is 6.94. The van der Waals surface area contributed by atoms with Crippen LogP contribution in [0, 0.1) is 17.8 Å². The number of likely N-dealkylation sites (tertiary alicyclic amines) is 1. The number of H-pyrrole nitrogens is 1. The largest absolute Gasteiger partial charge is 0.494 e. The summed E-state index contributed by atoms with van der Waals surface area (Å²) in [6, 6.07) is 23.7. The minimum Gasteiger partial charge on any atom is -0.494 e. The first-order valence-electron chi connectivity index (χ1n) is 13.9. The molecule has 0 spiro atoms. The minimum absolute atomic E-state index is 0.0666. The summed E-state index contributed by atoms with van der Waals surface area (Å²) in [4.78, 5) is 29.7. The van der Waals surface area contributed by atoms with Gasteiger partial charge in [0.25, 0.3) is 0 Å². The molecule has 1 saturated carbocycles. The lowest BCUT2D eigenvalue weighted by atomic mass is 10.00. The second kappa shape index (κ2) is 10.3. The van der Waals surface area contributed by atoms with Gasteiger partial charge >= 0.3 is 0 Å². The van der Waals surface area contributed by atoms with E-state index in [2.05, 4.69) is 21.9 Å². The Morgan fingerprint density at radius 2 is 1.85 bits per heavy atom. The predicted molar refractivity (Wildman–Crippen MR) is 165 cm³/mol. The number of nitrogens with one attached hydrogen (secondary N) is 1. The quantitative estimate of drug-likeness (QED) is 0.228. The van der Waals surface area contributed by atoms with Gasteiger partial charge in [-0.05, 0) is 55.1 Å². The van der Waals surface area contributed by atoms with E-state index in [1.807, 2.05) is 85.2 Å². The minimum atomic E-state index is 0.0666. The smallest absolute Gasteiger partial charge is 0.227 e. The normalized spacial score (nSPS) is 20.3. The number of hydrogen-bond acceptors (Lipinski definition) is 6. The van der Waals surface area contributed by atoms with Crippen LogP contribution in [0.4, 0.5) is 11.4 Å². The summed E-state index contributed by atoms with van der Waals surface area (Å²) < 4.78 is 0. The highest BCUT2D eigenvalue weighted by molar-refractivity contribution is 7.13. The van der Waals surface area contributed by atoms with Crippen LogP contribution >= 0.6 is 11.3 Å². The molecule has 0 bridgehead atoms. The molecule has 206 valence electrons. The van der Waals surface area contributed by atoms with Crippen LogP contribution in [0.1, 0.15) is 17.5 Å². The second-order valence-electron chi connectivity index (χ2n) is 11.2. The molecule has 5 aromatic rings. The van der Waals surface area contributed by atoms with Crippen LogP contribution in [-0.2, 0) is 4.79 Å². The number of thiazole rings is 1. The molecule has 2 aromatic heterocycles. The summed E-state index contributed by atoms with van der Waals surface area (Å²) in [5, 5.41) is 14.9. The predicted octanol–water partition coefficient (Wildman–Crippen LogP) is 6.33. The number of carbonyl (C=O) groups is 1. The second-order valence-corrected chi connectivity index (χ2v) is 12.1. The zero-order valence-electron chi connectivity index (χ0n) is 23.0. The highest BCUT2D eigenvalue weighted by atomic mass is 32.1. The molecule has 7 rings (SSSR count). The number of amides is 1. The number of aromatic nitrogens is 2. The van der Waals surface area contributed by atoms with Gasteiger partial charge in [0.1, 0.15) is 5.01 Å². The van der Waals surface area contributed by atoms with Gasteiger partial charge in [-0.2, -0.15) is 0 Å². The van der Waals surface area contributed by atoms with Gasteiger partial charge in [-0.15, -0.1) is 11.3 Å². The fraction of sp³-hybridized carbons (Fsp3) is 0.242. The summed E-state index contributed by atoms with van der Waals surface area (Å²) >= 11 is 1.58. The van der Waals surface area contributed by atoms with Crippen LogP contribution in [-0.4, -0.2) is 58.8 Å². The molecule has 8 heteroatoms. The lowest BCUT2D eigenvalue weighted by Crippen LogP contribution is -2.28. The van der Waals surface area contributed by atoms with Crippen LogP contribution in [0.3, 0.4) is 0 Å². The molecular weight excluding hydrogens is 530 g/mol. The Kier molecular flexibility index (Phi) is 6.44. The van der Waals surface area contributed by atoms with Crippen molar-refractivity contribution in [2.75, 3.05) is 32.1 Å². The van der Waals surface area contributed by atoms with Crippen LogP contribution in [0.2, 0.25) is 0 Å². The summed E-state index contributed by atoms with van der Waals surface area (Å²) in [6.07, 6.45) is 2.40. The van der Waals surface area contributed by atoms with Crippen molar-refractivity contribution in [2.45, 2.75) is 6.42 Å². The van der Waals surface area contributed by atoms with Crippen LogP contribution in [0.5, 0.6) is 5.88 Å². The first-order chi connectivity index (χ1) is 20.0. The maximum atomic E-state index is 13.0. The van der Waals surface area contributed by atoms with Crippen molar-refractivity contribution in [3.63, 3.8) is 0 Å². The van der Waals surface area contributed by atoms with Crippen LogP contribution in [0.15, 0.2) is 89.4 Å². The molecule has 2 N–H and O–H groups in total. The highest BCUT2D eigenvalue weighted by Gasteiger charge is 2.55. The Bertz CT molecular complexity index is 1730. The molecule has 2 unspecified atom stereocenters. The third kappa shape index (κ3) is 4.83. The third-order valence-corrected chi connectivity index (χ3v) is 9.38. The van der Waals surface area contributed by atoms with E-state index >= 15 is 0 Å². The van der Waals surface area contributed by atoms with E-state index in [-0.39, 0.29) is 11.8 Å². The van der Waals surface area contributed by atoms with E-state index < -0.39 is 0 Å². The van der Waals surface area contributed by atoms with Crippen molar-refractivity contribution < 1.29 is 9.90 Å². The molecule has 2 atom stereocenters. The summed E-state index contributed by atoms with van der Waals surface area (Å²) in [7, 11) is 4.01. The molecule has 2 fully saturated rings. The van der Waals surface area contributed by atoms with Gasteiger partial charge in [0.15, 0.2) is 5.88 Å². The zero-order valence-corrected chi connectivity index (χ0v) is 23.8. The Hall–Kier alpha value is -4.27. The number of carbonyl (C=O) groups excluding carboxylic acids is 1. The van der Waals surface area contributed by atoms with E-state index in [1.165, 1.54) is 0 Å². The van der Waals surface area contributed by atoms with Crippen molar-refractivity contribution >= 4 is 45.2 Å². The molecule has 3 heterocycles. The van der Waals surface area contributed by atoms with E-state index in [0.29, 0.717) is 35.4 Å². The Labute approximate surface area is 242 Å². The summed E-state index contributed by atoms with van der Waals surface area (Å²) in [6.45, 7) is 2.23. The number of rotatable bonds is 7. The van der Waals surface area contributed by atoms with Gasteiger partial charge in [0.05, 0.1) is 17.0 Å². The summed E-state index contributed by atoms with van der Waals surface area (Å²) in [5.74, 6) is 2.13. The molecule has 2 aliphatic rings. The monoisotopic (exact) mass is 561 g/mol. The van der Waals surface area contributed by atoms with E-state index in [9.17, 15) is 9.90 Å². The van der Waals surface area contributed by atoms with Crippen molar-refractivity contribution in [1.29, 1.82) is 0 Å². The van der Waals surface area contributed by atoms with Crippen molar-refractivity contribution in [3.05, 3.63) is 95.5 Å². The Morgan fingerprint density at radius 1 is 1.10 bits per heavy atom. The SMILES string of the molecule is CN1CC2C(CC(=O)N(C)c3ccc(N=C(c4ccccc4)c4c(O)[nH]c5cc(-c6nccs6)ccc45)cc3)C2C1. The number of aromatic amines is 1. The number of aromatic hydroxyl groups is 1. The summed E-state index contributed by atoms with van der Waals surface area (Å²) in [5.41, 5.74) is 5.60. The number of hydrogen-bond donors (Lipinski definition) is 2. The molecule has 1 saturated heterocycles. The maximum absolute atomic E-state index is 13.0. The Morgan fingerprint density at radius 3 is 2.56 bits per heavy atom. The van der Waals surface area contributed by atoms with E-state index in [1.54, 1.807) is 22.4 Å². The lowest BCUT2D eigenvalue weighted by molar-refractivity contribution is -0.118. The molecule has 41 heavy (non-hydrogen) atoms. The average molecular weight is 562 g/mol. The number of piperidine rings is 1. The lowest BCUT2D eigenvalue weighted by Gasteiger charge is -2.19. The molecule has 1 aliphatic carbocycles. The molecule has 1 amide bonds. The first-order valence-corrected chi connectivity index (χ1v) is 14.8. The number of aliphatic imine (C=N–C) groups is 1. The fourth-order valence-electron chi connectivity index (χ4n) is 6.31. The number of anilines is 1. The number of benzene rings is 3. The Balaban J connectivity index is 1.18. The van der Waals surface area contributed by atoms with Gasteiger partial charge in [0.2, 0.25) is 5.91 Å². The molecule has 3 aromatic carbocycles. The van der Waals surface area contributed by atoms with E-state index in [4.69, 9.17) is 4.99 Å². The average Bonchev–Trinajstić information content (AvgIpc) is 3.45. The number of fused-ring (bicyclic) bond motifs is 2. The van der Waals surface area contributed by atoms with Crippen molar-refractivity contribution in [2.24, 2.45) is 22.7 Å². The molecule has 0 radical (unpaired) electrons. The standard InChI is InChI=1S/C33H31N5O2S/c1-37-18-26-25(27(26)19-37)17-29(39)38(2)23-11-9-22(10-12-23)35-31(20-6-4-3-5-7-20)30-24-13-8-21(33-34-14-15-41-33)16-28(24)36-32(30)40/h3-16,25-27,36,40H,17-19H2,1-2H3. The number of nitrogens with zero attached hydrogens (tertiary/aromatic N) is 4. The van der Waals surface area contributed by atoms with Gasteiger partial charge in [-0.3, -0.25) is 4.79 Å². The molecule has 1 aliphatic heterocycles. The maximum Gasteiger partial charge on any atom is 0.227 e. The third-order valence-electron chi connectivity index (χ3n) is 8.56. The van der Waals surface area contributed by atoms with Gasteiger partial charge in [-0.1, -0.05) is 42.5 Å². The van der Waals surface area contributed by atoms with E-state index in [0.717, 1.165) is 51.5 Å². The molecule has 7 nitrogen and oxygen atoms in total. The molecular formula is C33H31N5O2S. The van der Waals surface area contributed by atoms with Gasteiger partial charge < -0.3 is 19.9 Å². The van der Waals surface area contributed by atoms with Crippen LogP contribution in [0.25, 0.3) is 21.5 Å². The van der Waals surface area contributed by atoms with Gasteiger partial charge in [-0.25, -0.2) is 9.98 Å². The van der Waals surface area contributed by atoms with Crippen LogP contribution < -0.4 is 4.90 Å². The topological polar surface area (TPSA) is 84.8 Å². The van der Waals surface area contributed by atoms with Gasteiger partial charge in [0, 0.05) is 65.9 Å². The first kappa shape index (κ1) is 25.7. The zero-order chi connectivity index (χ0) is 28.1. The van der Waals surface area contributed by atoms with Crippen molar-refractivity contribution in [3.8, 4) is 16.5 Å².